The topological polar surface area (TPSA) is 54.5 Å². The van der Waals surface area contributed by atoms with Crippen molar-refractivity contribution in [1.29, 1.82) is 0 Å². The largest absolute Gasteiger partial charge is 0.493 e. The molecular weight excluding hydrogens is 358 g/mol. The molecule has 1 aromatic heterocycles. The average molecular weight is 386 g/mol. The minimum absolute atomic E-state index is 0.133. The second-order valence-corrected chi connectivity index (χ2v) is 8.59. The van der Waals surface area contributed by atoms with E-state index < -0.39 is 0 Å². The Morgan fingerprint density at radius 3 is 2.89 bits per heavy atom. The number of hydrogen-bond donors (Lipinski definition) is 1. The van der Waals surface area contributed by atoms with E-state index in [0.717, 1.165) is 62.0 Å². The third-order valence-corrected chi connectivity index (χ3v) is 6.44. The molecule has 1 N–H and O–H groups in total. The van der Waals surface area contributed by atoms with Crippen LogP contribution in [0.1, 0.15) is 41.4 Å². The highest BCUT2D eigenvalue weighted by atomic mass is 32.1. The molecule has 6 heteroatoms. The van der Waals surface area contributed by atoms with Gasteiger partial charge >= 0.3 is 0 Å². The molecule has 0 bridgehead atoms. The first kappa shape index (κ1) is 18.4. The third kappa shape index (κ3) is 4.50. The minimum atomic E-state index is 0.133. The van der Waals surface area contributed by atoms with Crippen LogP contribution in [0, 0.1) is 12.8 Å². The van der Waals surface area contributed by atoms with Gasteiger partial charge in [-0.1, -0.05) is 18.2 Å². The van der Waals surface area contributed by atoms with E-state index in [2.05, 4.69) is 26.6 Å². The van der Waals surface area contributed by atoms with Gasteiger partial charge in [-0.2, -0.15) is 0 Å². The molecule has 0 radical (unpaired) electrons. The number of carbonyl (C=O) groups excluding carboxylic acids is 1. The standard InChI is InChI=1S/C21H27N3O2S/c1-15-23-18(14-27-15)13-24-9-6-16(7-10-24)21(25)22-12-17-8-11-26-20-5-3-2-4-19(17)20/h2-5,14,16-17H,6-13H2,1H3,(H,22,25). The summed E-state index contributed by atoms with van der Waals surface area (Å²) in [6.45, 7) is 6.31. The number of aromatic nitrogens is 1. The second-order valence-electron chi connectivity index (χ2n) is 7.53. The first-order valence-electron chi connectivity index (χ1n) is 9.82. The number of thiazole rings is 1. The number of ether oxygens (including phenoxy) is 1. The van der Waals surface area contributed by atoms with E-state index in [1.54, 1.807) is 11.3 Å². The molecule has 2 aromatic rings. The smallest absolute Gasteiger partial charge is 0.223 e. The van der Waals surface area contributed by atoms with Crippen LogP contribution in [0.2, 0.25) is 0 Å². The Labute approximate surface area is 164 Å². The lowest BCUT2D eigenvalue weighted by atomic mass is 9.92. The maximum atomic E-state index is 12.6. The fraction of sp³-hybridized carbons (Fsp3) is 0.524. The van der Waals surface area contributed by atoms with E-state index in [1.165, 1.54) is 5.56 Å². The number of hydrogen-bond acceptors (Lipinski definition) is 5. The molecule has 144 valence electrons. The minimum Gasteiger partial charge on any atom is -0.493 e. The molecule has 2 aliphatic rings. The molecular formula is C21H27N3O2S. The summed E-state index contributed by atoms with van der Waals surface area (Å²) in [5, 5.41) is 6.47. The summed E-state index contributed by atoms with van der Waals surface area (Å²) in [6, 6.07) is 8.18. The number of likely N-dealkylation sites (tertiary alicyclic amines) is 1. The molecule has 1 saturated heterocycles. The Morgan fingerprint density at radius 2 is 2.11 bits per heavy atom. The molecule has 4 rings (SSSR count). The van der Waals surface area contributed by atoms with Gasteiger partial charge in [0.1, 0.15) is 5.75 Å². The van der Waals surface area contributed by atoms with Crippen LogP contribution in [0.5, 0.6) is 5.75 Å². The number of nitrogens with zero attached hydrogens (tertiary/aromatic N) is 2. The highest BCUT2D eigenvalue weighted by Crippen LogP contribution is 2.33. The highest BCUT2D eigenvalue weighted by molar-refractivity contribution is 7.09. The van der Waals surface area contributed by atoms with Crippen molar-refractivity contribution in [3.05, 3.63) is 45.9 Å². The molecule has 0 saturated carbocycles. The van der Waals surface area contributed by atoms with Crippen molar-refractivity contribution in [2.75, 3.05) is 26.2 Å². The SMILES string of the molecule is Cc1nc(CN2CCC(C(=O)NCC3CCOc4ccccc43)CC2)cs1. The number of carbonyl (C=O) groups is 1. The Hall–Kier alpha value is -1.92. The predicted molar refractivity (Wildman–Crippen MR) is 107 cm³/mol. The second kappa shape index (κ2) is 8.40. The van der Waals surface area contributed by atoms with Gasteiger partial charge in [-0.15, -0.1) is 11.3 Å². The van der Waals surface area contributed by atoms with Gasteiger partial charge in [-0.3, -0.25) is 9.69 Å². The van der Waals surface area contributed by atoms with Crippen LogP contribution in [-0.2, 0) is 11.3 Å². The van der Waals surface area contributed by atoms with E-state index in [4.69, 9.17) is 4.74 Å². The first-order chi connectivity index (χ1) is 13.2. The van der Waals surface area contributed by atoms with Crippen LogP contribution in [0.15, 0.2) is 29.6 Å². The molecule has 27 heavy (non-hydrogen) atoms. The summed E-state index contributed by atoms with van der Waals surface area (Å²) in [6.07, 6.45) is 2.82. The summed E-state index contributed by atoms with van der Waals surface area (Å²) >= 11 is 1.70. The number of para-hydroxylation sites is 1. The van der Waals surface area contributed by atoms with Crippen LogP contribution in [0.4, 0.5) is 0 Å². The molecule has 1 fully saturated rings. The van der Waals surface area contributed by atoms with Crippen molar-refractivity contribution in [3.63, 3.8) is 0 Å². The zero-order chi connectivity index (χ0) is 18.6. The van der Waals surface area contributed by atoms with E-state index >= 15 is 0 Å². The molecule has 1 atom stereocenters. The lowest BCUT2D eigenvalue weighted by Gasteiger charge is -2.31. The van der Waals surface area contributed by atoms with Crippen molar-refractivity contribution < 1.29 is 9.53 Å². The fourth-order valence-electron chi connectivity index (χ4n) is 4.06. The number of benzene rings is 1. The summed E-state index contributed by atoms with van der Waals surface area (Å²) in [5.74, 6) is 1.66. The molecule has 2 aliphatic heterocycles. The van der Waals surface area contributed by atoms with E-state index in [0.29, 0.717) is 12.5 Å². The Kier molecular flexibility index (Phi) is 5.74. The normalized spacial score (nSPS) is 20.7. The van der Waals surface area contributed by atoms with Gasteiger partial charge in [0.2, 0.25) is 5.91 Å². The third-order valence-electron chi connectivity index (χ3n) is 5.62. The van der Waals surface area contributed by atoms with Crippen LogP contribution in [0.25, 0.3) is 0 Å². The van der Waals surface area contributed by atoms with Gasteiger partial charge in [0.15, 0.2) is 0 Å². The Morgan fingerprint density at radius 1 is 1.30 bits per heavy atom. The first-order valence-corrected chi connectivity index (χ1v) is 10.7. The number of nitrogens with one attached hydrogen (secondary N) is 1. The fourth-order valence-corrected chi connectivity index (χ4v) is 4.66. The molecule has 0 spiro atoms. The molecule has 3 heterocycles. The highest BCUT2D eigenvalue weighted by Gasteiger charge is 2.27. The van der Waals surface area contributed by atoms with Crippen LogP contribution in [-0.4, -0.2) is 42.0 Å². The lowest BCUT2D eigenvalue weighted by Crippen LogP contribution is -2.41. The maximum absolute atomic E-state index is 12.6. The van der Waals surface area contributed by atoms with Gasteiger partial charge in [0.25, 0.3) is 0 Å². The van der Waals surface area contributed by atoms with Gasteiger partial charge in [0.05, 0.1) is 17.3 Å². The number of fused-ring (bicyclic) bond motifs is 1. The van der Waals surface area contributed by atoms with Gasteiger partial charge in [0, 0.05) is 30.3 Å². The van der Waals surface area contributed by atoms with Gasteiger partial charge in [-0.25, -0.2) is 4.98 Å². The van der Waals surface area contributed by atoms with E-state index in [-0.39, 0.29) is 11.8 Å². The average Bonchev–Trinajstić information content (AvgIpc) is 3.11. The summed E-state index contributed by atoms with van der Waals surface area (Å²) < 4.78 is 5.72. The quantitative estimate of drug-likeness (QED) is 0.858. The van der Waals surface area contributed by atoms with E-state index in [9.17, 15) is 4.79 Å². The zero-order valence-corrected chi connectivity index (χ0v) is 16.6. The van der Waals surface area contributed by atoms with E-state index in [1.807, 2.05) is 25.1 Å². The molecule has 1 amide bonds. The van der Waals surface area contributed by atoms with Crippen molar-refractivity contribution >= 4 is 17.2 Å². The molecule has 0 aliphatic carbocycles. The van der Waals surface area contributed by atoms with Gasteiger partial charge < -0.3 is 10.1 Å². The number of aryl methyl sites for hydroxylation is 1. The molecule has 1 unspecified atom stereocenters. The maximum Gasteiger partial charge on any atom is 0.223 e. The van der Waals surface area contributed by atoms with Crippen molar-refractivity contribution in [2.45, 2.75) is 38.6 Å². The lowest BCUT2D eigenvalue weighted by molar-refractivity contribution is -0.126. The van der Waals surface area contributed by atoms with Crippen molar-refractivity contribution in [3.8, 4) is 5.75 Å². The summed E-state index contributed by atoms with van der Waals surface area (Å²) in [7, 11) is 0. The van der Waals surface area contributed by atoms with Crippen molar-refractivity contribution in [1.82, 2.24) is 15.2 Å². The van der Waals surface area contributed by atoms with Crippen LogP contribution >= 0.6 is 11.3 Å². The summed E-state index contributed by atoms with van der Waals surface area (Å²) in [5.41, 5.74) is 2.37. The van der Waals surface area contributed by atoms with Crippen LogP contribution in [0.3, 0.4) is 0 Å². The Balaban J connectivity index is 1.24. The number of piperidine rings is 1. The molecule has 5 nitrogen and oxygen atoms in total. The zero-order valence-electron chi connectivity index (χ0n) is 15.8. The van der Waals surface area contributed by atoms with Crippen molar-refractivity contribution in [2.24, 2.45) is 5.92 Å². The molecule has 1 aromatic carbocycles. The number of amides is 1. The van der Waals surface area contributed by atoms with Gasteiger partial charge in [-0.05, 0) is 50.9 Å². The predicted octanol–water partition coefficient (Wildman–Crippen LogP) is 3.35. The summed E-state index contributed by atoms with van der Waals surface area (Å²) in [4.78, 5) is 19.6. The van der Waals surface area contributed by atoms with Crippen LogP contribution < -0.4 is 10.1 Å². The number of rotatable bonds is 5. The monoisotopic (exact) mass is 385 g/mol. The Bertz CT molecular complexity index is 783.